The Labute approximate surface area is 118 Å². The quantitative estimate of drug-likeness (QED) is 0.485. The third-order valence-electron chi connectivity index (χ3n) is 1.62. The molecule has 0 amide bonds. The average molecular weight is 301 g/mol. The van der Waals surface area contributed by atoms with E-state index in [2.05, 4.69) is 37.1 Å². The van der Waals surface area contributed by atoms with Gasteiger partial charge < -0.3 is 11.5 Å². The maximum atomic E-state index is 6.06. The van der Waals surface area contributed by atoms with E-state index in [1.165, 1.54) is 0 Å². The van der Waals surface area contributed by atoms with Crippen LogP contribution in [0.1, 0.15) is 5.56 Å². The molecule has 0 fully saturated rings. The normalized spacial score (nSPS) is 10.0. The van der Waals surface area contributed by atoms with Crippen LogP contribution < -0.4 is 11.5 Å². The lowest BCUT2D eigenvalue weighted by molar-refractivity contribution is 0.881. The number of aromatic amines is 1. The summed E-state index contributed by atoms with van der Waals surface area (Å²) in [4.78, 5) is 3.96. The van der Waals surface area contributed by atoms with Gasteiger partial charge in [-0.25, -0.2) is 4.99 Å². The molecule has 0 unspecified atom stereocenters. The Morgan fingerprint density at radius 2 is 2.05 bits per heavy atom. The number of aliphatic imine (C=N–C) groups is 1. The van der Waals surface area contributed by atoms with Crippen LogP contribution in [0.15, 0.2) is 23.2 Å². The molecule has 0 spiro atoms. The molecular weight excluding hydrogens is 291 g/mol. The third kappa shape index (κ3) is 5.80. The van der Waals surface area contributed by atoms with E-state index in [0.29, 0.717) is 10.0 Å². The number of aromatic nitrogens is 4. The van der Waals surface area contributed by atoms with Gasteiger partial charge in [0.25, 0.3) is 5.95 Å². The van der Waals surface area contributed by atoms with E-state index >= 15 is 0 Å². The van der Waals surface area contributed by atoms with E-state index in [4.69, 9.17) is 28.6 Å². The van der Waals surface area contributed by atoms with Crippen LogP contribution in [0.4, 0.5) is 5.95 Å². The highest BCUT2D eigenvalue weighted by Gasteiger charge is 1.98. The number of benzene rings is 1. The minimum absolute atomic E-state index is 0.251. The van der Waals surface area contributed by atoms with E-state index in [-0.39, 0.29) is 11.9 Å². The van der Waals surface area contributed by atoms with Crippen LogP contribution >= 0.6 is 23.2 Å². The van der Waals surface area contributed by atoms with Crippen molar-refractivity contribution in [3.8, 4) is 0 Å². The van der Waals surface area contributed by atoms with Gasteiger partial charge in [0.15, 0.2) is 5.96 Å². The zero-order valence-corrected chi connectivity index (χ0v) is 11.0. The topological polar surface area (TPSA) is 143 Å². The molecule has 1 heterocycles. The Bertz CT molecular complexity index is 562. The van der Waals surface area contributed by atoms with Gasteiger partial charge in [-0.2, -0.15) is 5.21 Å². The summed E-state index contributed by atoms with van der Waals surface area (Å²) in [7, 11) is 0. The van der Waals surface area contributed by atoms with Gasteiger partial charge in [0.2, 0.25) is 0 Å². The Hall–Kier alpha value is -2.19. The number of halogens is 2. The molecule has 2 rings (SSSR count). The summed E-state index contributed by atoms with van der Waals surface area (Å²) in [5.41, 5.74) is 9.69. The van der Waals surface area contributed by atoms with Gasteiger partial charge >= 0.3 is 0 Å². The molecule has 8 nitrogen and oxygen atoms in total. The average Bonchev–Trinajstić information content (AvgIpc) is 2.80. The maximum Gasteiger partial charge on any atom is 0.288 e. The van der Waals surface area contributed by atoms with Gasteiger partial charge in [0.05, 0.1) is 5.02 Å². The molecule has 19 heavy (non-hydrogen) atoms. The molecule has 0 saturated carbocycles. The van der Waals surface area contributed by atoms with Crippen molar-refractivity contribution in [3.05, 3.63) is 33.8 Å². The summed E-state index contributed by atoms with van der Waals surface area (Å²) in [6, 6.07) is 5.12. The van der Waals surface area contributed by atoms with Crippen molar-refractivity contribution in [1.82, 2.24) is 20.6 Å². The number of nitrogens with zero attached hydrogens (tertiary/aromatic N) is 4. The zero-order chi connectivity index (χ0) is 14.3. The fourth-order valence-corrected chi connectivity index (χ4v) is 1.40. The molecule has 0 saturated heterocycles. The van der Waals surface area contributed by atoms with Crippen molar-refractivity contribution in [1.29, 1.82) is 5.41 Å². The highest BCUT2D eigenvalue weighted by Crippen LogP contribution is 2.19. The number of rotatable bonds is 2. The molecule has 10 heteroatoms. The third-order valence-corrected chi connectivity index (χ3v) is 2.18. The van der Waals surface area contributed by atoms with Gasteiger partial charge in [-0.3, -0.25) is 5.41 Å². The Kier molecular flexibility index (Phi) is 5.71. The van der Waals surface area contributed by atoms with Crippen molar-refractivity contribution in [3.63, 3.8) is 0 Å². The van der Waals surface area contributed by atoms with Gasteiger partial charge in [-0.15, -0.1) is 5.10 Å². The van der Waals surface area contributed by atoms with Crippen LogP contribution in [0, 0.1) is 5.41 Å². The molecular formula is C9H10Cl2N8. The number of nitrogens with two attached hydrogens (primary N) is 2. The predicted molar refractivity (Wildman–Crippen MR) is 74.0 cm³/mol. The molecule has 0 aliphatic rings. The molecule has 1 aromatic heterocycles. The van der Waals surface area contributed by atoms with Gasteiger partial charge in [-0.05, 0) is 17.3 Å². The molecule has 1 aromatic carbocycles. The molecule has 0 bridgehead atoms. The fraction of sp³-hybridized carbons (Fsp3) is 0. The number of hydrogen-bond donors (Lipinski definition) is 4. The first-order valence-corrected chi connectivity index (χ1v) is 5.56. The highest BCUT2D eigenvalue weighted by molar-refractivity contribution is 6.36. The van der Waals surface area contributed by atoms with Crippen LogP contribution in [0.2, 0.25) is 10.0 Å². The number of nitrogens with one attached hydrogen (secondary N) is 2. The number of guanidine groups is 1. The summed E-state index contributed by atoms with van der Waals surface area (Å²) < 4.78 is 0. The lowest BCUT2D eigenvalue weighted by Gasteiger charge is -1.96. The number of H-pyrrole nitrogens is 1. The van der Waals surface area contributed by atoms with Crippen molar-refractivity contribution in [2.45, 2.75) is 0 Å². The largest absolute Gasteiger partial charge is 0.370 e. The molecule has 100 valence electrons. The second-order valence-corrected chi connectivity index (χ2v) is 3.93. The summed E-state index contributed by atoms with van der Waals surface area (Å²) in [6.45, 7) is 0. The van der Waals surface area contributed by atoms with E-state index < -0.39 is 0 Å². The van der Waals surface area contributed by atoms with Crippen LogP contribution in [-0.2, 0) is 0 Å². The van der Waals surface area contributed by atoms with Crippen LogP contribution in [0.3, 0.4) is 0 Å². The standard InChI is InChI=1S/C8H5Cl2N5.CH5N3/c9-6-2-1-5(7(10)3-6)4-11-8-12-14-15-13-8;2-1(3)4/h1-4H,(H,12,13,14,15);(H5,2,3,4)/b11-4-;. The molecule has 0 aliphatic carbocycles. The van der Waals surface area contributed by atoms with Gasteiger partial charge in [0, 0.05) is 16.8 Å². The highest BCUT2D eigenvalue weighted by atomic mass is 35.5. The van der Waals surface area contributed by atoms with Gasteiger partial charge in [0.1, 0.15) is 0 Å². The predicted octanol–water partition coefficient (Wildman–Crippen LogP) is 1.10. The second-order valence-electron chi connectivity index (χ2n) is 3.09. The molecule has 0 atom stereocenters. The van der Waals surface area contributed by atoms with Crippen LogP contribution in [-0.4, -0.2) is 32.8 Å². The minimum Gasteiger partial charge on any atom is -0.370 e. The first-order valence-electron chi connectivity index (χ1n) is 4.81. The Balaban J connectivity index is 0.000000399. The zero-order valence-electron chi connectivity index (χ0n) is 9.51. The first kappa shape index (κ1) is 14.9. The lowest BCUT2D eigenvalue weighted by Crippen LogP contribution is -2.20. The van der Waals surface area contributed by atoms with Crippen molar-refractivity contribution in [2.75, 3.05) is 0 Å². The Morgan fingerprint density at radius 3 is 2.58 bits per heavy atom. The van der Waals surface area contributed by atoms with Crippen LogP contribution in [0.25, 0.3) is 0 Å². The molecule has 0 aliphatic heterocycles. The van der Waals surface area contributed by atoms with E-state index in [1.54, 1.807) is 24.4 Å². The Morgan fingerprint density at radius 1 is 1.37 bits per heavy atom. The summed E-state index contributed by atoms with van der Waals surface area (Å²) in [6.07, 6.45) is 1.55. The minimum atomic E-state index is -0.333. The lowest BCUT2D eigenvalue weighted by atomic mass is 10.2. The summed E-state index contributed by atoms with van der Waals surface area (Å²) >= 11 is 11.7. The molecule has 6 N–H and O–H groups in total. The van der Waals surface area contributed by atoms with Crippen molar-refractivity contribution < 1.29 is 0 Å². The SMILES string of the molecule is Clc1ccc(/C=N\c2nn[nH]n2)c(Cl)c1.N=C(N)N. The molecule has 2 aromatic rings. The molecule has 0 radical (unpaired) electrons. The van der Waals surface area contributed by atoms with Crippen LogP contribution in [0.5, 0.6) is 0 Å². The van der Waals surface area contributed by atoms with Crippen molar-refractivity contribution in [2.24, 2.45) is 16.5 Å². The monoisotopic (exact) mass is 300 g/mol. The number of tetrazole rings is 1. The summed E-state index contributed by atoms with van der Waals surface area (Å²) in [5.74, 6) is -0.0824. The van der Waals surface area contributed by atoms with E-state index in [9.17, 15) is 0 Å². The van der Waals surface area contributed by atoms with E-state index in [0.717, 1.165) is 5.56 Å². The second kappa shape index (κ2) is 7.29. The van der Waals surface area contributed by atoms with Gasteiger partial charge in [-0.1, -0.05) is 34.4 Å². The number of hydrogen-bond acceptors (Lipinski definition) is 5. The smallest absolute Gasteiger partial charge is 0.288 e. The fourth-order valence-electron chi connectivity index (χ4n) is 0.945. The first-order chi connectivity index (χ1) is 8.99. The van der Waals surface area contributed by atoms with Crippen molar-refractivity contribution >= 4 is 41.3 Å². The maximum absolute atomic E-state index is 6.06. The summed E-state index contributed by atoms with van der Waals surface area (Å²) in [5, 5.41) is 20.1. The van der Waals surface area contributed by atoms with E-state index in [1.807, 2.05) is 0 Å².